The van der Waals surface area contributed by atoms with Crippen molar-refractivity contribution >= 4 is 23.2 Å². The average molecular weight is 589 g/mol. The second-order valence-electron chi connectivity index (χ2n) is 9.88. The fourth-order valence-corrected chi connectivity index (χ4v) is 5.62. The minimum Gasteiger partial charge on any atom is -0.497 e. The van der Waals surface area contributed by atoms with E-state index in [1.54, 1.807) is 47.5 Å². The zero-order valence-electron chi connectivity index (χ0n) is 22.6. The number of aliphatic hydroxyl groups excluding tert-OH is 1. The van der Waals surface area contributed by atoms with Gasteiger partial charge < -0.3 is 14.7 Å². The highest BCUT2D eigenvalue weighted by Gasteiger charge is 2.40. The Morgan fingerprint density at radius 3 is 2.56 bits per heavy atom. The van der Waals surface area contributed by atoms with Gasteiger partial charge in [0.1, 0.15) is 16.5 Å². The number of carbonyl (C=O) groups excluding carboxylic acids is 1. The van der Waals surface area contributed by atoms with Crippen LogP contribution in [0.15, 0.2) is 48.8 Å². The van der Waals surface area contributed by atoms with Gasteiger partial charge in [-0.15, -0.1) is 0 Å². The van der Waals surface area contributed by atoms with Gasteiger partial charge in [-0.25, -0.2) is 14.5 Å². The summed E-state index contributed by atoms with van der Waals surface area (Å²) >= 11 is 6.27. The molecular weight excluding hydrogens is 561 g/mol. The molecule has 1 fully saturated rings. The second kappa shape index (κ2) is 11.3. The van der Waals surface area contributed by atoms with E-state index in [0.717, 1.165) is 6.20 Å². The molecule has 2 atom stereocenters. The molecule has 1 aliphatic rings. The van der Waals surface area contributed by atoms with Crippen molar-refractivity contribution in [1.82, 2.24) is 29.4 Å². The lowest BCUT2D eigenvalue weighted by Crippen LogP contribution is -2.55. The number of aliphatic hydroxyl groups is 1. The Morgan fingerprint density at radius 1 is 1.22 bits per heavy atom. The van der Waals surface area contributed by atoms with Crippen LogP contribution in [0, 0.1) is 6.92 Å². The van der Waals surface area contributed by atoms with E-state index in [2.05, 4.69) is 15.1 Å². The molecule has 1 amide bonds. The van der Waals surface area contributed by atoms with Gasteiger partial charge in [-0.05, 0) is 44.2 Å². The van der Waals surface area contributed by atoms with Crippen molar-refractivity contribution in [2.75, 3.05) is 33.4 Å². The van der Waals surface area contributed by atoms with Gasteiger partial charge in [-0.1, -0.05) is 17.7 Å². The van der Waals surface area contributed by atoms with Crippen LogP contribution in [-0.2, 0) is 6.18 Å². The first kappa shape index (κ1) is 28.8. The molecule has 0 unspecified atom stereocenters. The molecule has 216 valence electrons. The van der Waals surface area contributed by atoms with Crippen molar-refractivity contribution < 1.29 is 27.8 Å². The van der Waals surface area contributed by atoms with E-state index in [-0.39, 0.29) is 41.7 Å². The third-order valence-corrected chi connectivity index (χ3v) is 7.74. The van der Waals surface area contributed by atoms with Crippen molar-refractivity contribution in [3.05, 3.63) is 76.3 Å². The van der Waals surface area contributed by atoms with Crippen molar-refractivity contribution in [3.8, 4) is 17.0 Å². The average Bonchev–Trinajstić information content (AvgIpc) is 3.36. The molecule has 13 heteroatoms. The number of alkyl halides is 3. The number of ether oxygens (including phenoxy) is 1. The first-order valence-corrected chi connectivity index (χ1v) is 13.3. The minimum atomic E-state index is -4.75. The molecular formula is C28H28ClF3N6O3. The number of halogens is 4. The molecule has 41 heavy (non-hydrogen) atoms. The van der Waals surface area contributed by atoms with E-state index in [9.17, 15) is 23.1 Å². The summed E-state index contributed by atoms with van der Waals surface area (Å²) in [5, 5.41) is 14.4. The SMILES string of the molecule is COc1ccc(-c2nc3c(C(=O)N4CCN([C@@H](CO)c5cccnc5Cl)C[C@H]4C)cnn3c(C(F)(F)F)c2C)cc1. The fourth-order valence-electron chi connectivity index (χ4n) is 5.37. The number of hydrogen-bond acceptors (Lipinski definition) is 7. The molecule has 1 saturated heterocycles. The predicted octanol–water partition coefficient (Wildman–Crippen LogP) is 4.66. The van der Waals surface area contributed by atoms with Gasteiger partial charge in [0.15, 0.2) is 11.3 Å². The number of amides is 1. The van der Waals surface area contributed by atoms with Crippen molar-refractivity contribution in [2.24, 2.45) is 0 Å². The number of hydrogen-bond donors (Lipinski definition) is 1. The van der Waals surface area contributed by atoms with Crippen LogP contribution in [0.2, 0.25) is 5.15 Å². The van der Waals surface area contributed by atoms with Gasteiger partial charge in [0.25, 0.3) is 5.91 Å². The van der Waals surface area contributed by atoms with Crippen LogP contribution in [-0.4, -0.2) is 79.8 Å². The number of carbonyl (C=O) groups is 1. The Kier molecular flexibility index (Phi) is 7.91. The highest BCUT2D eigenvalue weighted by atomic mass is 35.5. The Hall–Kier alpha value is -3.74. The number of benzene rings is 1. The monoisotopic (exact) mass is 588 g/mol. The highest BCUT2D eigenvalue weighted by molar-refractivity contribution is 6.30. The van der Waals surface area contributed by atoms with Gasteiger partial charge in [0.05, 0.1) is 31.6 Å². The molecule has 5 rings (SSSR count). The maximum absolute atomic E-state index is 14.3. The summed E-state index contributed by atoms with van der Waals surface area (Å²) in [6.45, 7) is 4.07. The Balaban J connectivity index is 1.49. The molecule has 0 aliphatic carbocycles. The number of piperazine rings is 1. The van der Waals surface area contributed by atoms with Crippen LogP contribution in [0.3, 0.4) is 0 Å². The molecule has 4 heterocycles. The fraction of sp³-hybridized carbons (Fsp3) is 0.357. The zero-order chi connectivity index (χ0) is 29.5. The Labute approximate surface area is 239 Å². The minimum absolute atomic E-state index is 0.0282. The summed E-state index contributed by atoms with van der Waals surface area (Å²) in [7, 11) is 1.50. The van der Waals surface area contributed by atoms with Crippen LogP contribution in [0.1, 0.15) is 40.1 Å². The van der Waals surface area contributed by atoms with Gasteiger partial charge in [0.2, 0.25) is 0 Å². The molecule has 0 bridgehead atoms. The molecule has 1 aromatic carbocycles. The number of nitrogens with zero attached hydrogens (tertiary/aromatic N) is 6. The van der Waals surface area contributed by atoms with Crippen LogP contribution in [0.4, 0.5) is 13.2 Å². The largest absolute Gasteiger partial charge is 0.497 e. The van der Waals surface area contributed by atoms with E-state index in [0.29, 0.717) is 39.6 Å². The third kappa shape index (κ3) is 5.34. The molecule has 1 aliphatic heterocycles. The highest BCUT2D eigenvalue weighted by Crippen LogP contribution is 2.37. The first-order chi connectivity index (χ1) is 19.5. The molecule has 0 radical (unpaired) electrons. The number of methoxy groups -OCH3 is 1. The van der Waals surface area contributed by atoms with Gasteiger partial charge in [0, 0.05) is 48.6 Å². The van der Waals surface area contributed by atoms with Crippen molar-refractivity contribution in [3.63, 3.8) is 0 Å². The molecule has 9 nitrogen and oxygen atoms in total. The van der Waals surface area contributed by atoms with Crippen LogP contribution in [0.25, 0.3) is 16.9 Å². The summed E-state index contributed by atoms with van der Waals surface area (Å²) in [5.41, 5.74) is -0.0892. The topological polar surface area (TPSA) is 96.1 Å². The quantitative estimate of drug-likeness (QED) is 0.327. The van der Waals surface area contributed by atoms with E-state index >= 15 is 0 Å². The Bertz CT molecular complexity index is 1580. The summed E-state index contributed by atoms with van der Waals surface area (Å²) < 4.78 is 48.8. The van der Waals surface area contributed by atoms with E-state index < -0.39 is 23.8 Å². The van der Waals surface area contributed by atoms with E-state index in [1.165, 1.54) is 14.0 Å². The van der Waals surface area contributed by atoms with Crippen LogP contribution >= 0.6 is 11.6 Å². The molecule has 0 spiro atoms. The lowest BCUT2D eigenvalue weighted by Gasteiger charge is -2.43. The molecule has 3 aromatic heterocycles. The smallest absolute Gasteiger partial charge is 0.433 e. The van der Waals surface area contributed by atoms with Crippen molar-refractivity contribution in [2.45, 2.75) is 32.1 Å². The lowest BCUT2D eigenvalue weighted by atomic mass is 10.0. The second-order valence-corrected chi connectivity index (χ2v) is 10.2. The van der Waals surface area contributed by atoms with Gasteiger partial charge >= 0.3 is 6.18 Å². The maximum Gasteiger partial charge on any atom is 0.433 e. The van der Waals surface area contributed by atoms with Gasteiger partial charge in [-0.2, -0.15) is 18.3 Å². The number of pyridine rings is 1. The first-order valence-electron chi connectivity index (χ1n) is 12.9. The van der Waals surface area contributed by atoms with Crippen molar-refractivity contribution in [1.29, 1.82) is 0 Å². The number of aromatic nitrogens is 4. The summed E-state index contributed by atoms with van der Waals surface area (Å²) in [4.78, 5) is 26.0. The molecule has 4 aromatic rings. The molecule has 0 saturated carbocycles. The number of rotatable bonds is 6. The van der Waals surface area contributed by atoms with Crippen LogP contribution < -0.4 is 4.74 Å². The van der Waals surface area contributed by atoms with E-state index in [4.69, 9.17) is 16.3 Å². The molecule has 1 N–H and O–H groups in total. The lowest BCUT2D eigenvalue weighted by molar-refractivity contribution is -0.143. The third-order valence-electron chi connectivity index (χ3n) is 7.43. The summed E-state index contributed by atoms with van der Waals surface area (Å²) in [6.07, 6.45) is -2.04. The Morgan fingerprint density at radius 2 is 1.95 bits per heavy atom. The van der Waals surface area contributed by atoms with E-state index in [1.807, 2.05) is 11.8 Å². The predicted molar refractivity (Wildman–Crippen MR) is 146 cm³/mol. The summed E-state index contributed by atoms with van der Waals surface area (Å²) in [6, 6.07) is 9.30. The normalized spacial score (nSPS) is 17.2. The van der Waals surface area contributed by atoms with Crippen LogP contribution in [0.5, 0.6) is 5.75 Å². The standard InChI is InChI=1S/C28H28ClF3N6O3/c1-16-14-36(22(15-39)20-5-4-10-33-25(20)29)11-12-37(16)27(40)21-13-34-38-24(28(30,31)32)17(2)23(35-26(21)38)18-6-8-19(41-3)9-7-18/h4-10,13,16,22,39H,11-12,14-15H2,1-3H3/t16-,22+/m1/s1. The summed E-state index contributed by atoms with van der Waals surface area (Å²) in [5.74, 6) is 0.0726. The van der Waals surface area contributed by atoms with Gasteiger partial charge in [-0.3, -0.25) is 9.69 Å². The number of fused-ring (bicyclic) bond motifs is 1. The maximum atomic E-state index is 14.3. The zero-order valence-corrected chi connectivity index (χ0v) is 23.3.